The van der Waals surface area contributed by atoms with E-state index in [0.29, 0.717) is 18.3 Å². The van der Waals surface area contributed by atoms with Crippen LogP contribution in [0.4, 0.5) is 4.39 Å². The van der Waals surface area contributed by atoms with Crippen LogP contribution in [-0.2, 0) is 13.1 Å². The zero-order valence-corrected chi connectivity index (χ0v) is 20.9. The van der Waals surface area contributed by atoms with Crippen molar-refractivity contribution in [2.75, 3.05) is 26.7 Å². The van der Waals surface area contributed by atoms with Gasteiger partial charge in [0.05, 0.1) is 13.7 Å². The smallest absolute Gasteiger partial charge is 0.191 e. The number of aliphatic imine (C=N–C) groups is 1. The number of aryl methyl sites for hydroxylation is 1. The minimum Gasteiger partial charge on any atom is -0.494 e. The Bertz CT molecular complexity index is 823. The molecule has 2 aromatic rings. The Hall–Kier alpha value is -1.46. The Morgan fingerprint density at radius 1 is 1.37 bits per heavy atom. The van der Waals surface area contributed by atoms with Crippen LogP contribution in [0.1, 0.15) is 35.2 Å². The molecule has 1 saturated heterocycles. The third kappa shape index (κ3) is 7.35. The predicted octanol–water partition coefficient (Wildman–Crippen LogP) is 3.94. The number of rotatable bonds is 7. The Morgan fingerprint density at radius 2 is 2.13 bits per heavy atom. The maximum absolute atomic E-state index is 13.9. The summed E-state index contributed by atoms with van der Waals surface area (Å²) in [4.78, 5) is 12.6. The van der Waals surface area contributed by atoms with E-state index in [1.807, 2.05) is 12.3 Å². The Kier molecular flexibility index (Phi) is 10.3. The van der Waals surface area contributed by atoms with Crippen LogP contribution in [0.2, 0.25) is 0 Å². The lowest BCUT2D eigenvalue weighted by molar-refractivity contribution is 0.198. The van der Waals surface area contributed by atoms with Gasteiger partial charge in [0, 0.05) is 43.3 Å². The summed E-state index contributed by atoms with van der Waals surface area (Å²) >= 11 is 1.68. The van der Waals surface area contributed by atoms with E-state index in [-0.39, 0.29) is 29.8 Å². The van der Waals surface area contributed by atoms with Crippen LogP contribution in [-0.4, -0.2) is 48.6 Å². The number of ether oxygens (including phenoxy) is 1. The van der Waals surface area contributed by atoms with Crippen LogP contribution in [0.5, 0.6) is 5.75 Å². The zero-order valence-electron chi connectivity index (χ0n) is 17.8. The number of nitrogens with one attached hydrogen (secondary N) is 2. The minimum absolute atomic E-state index is 0. The molecular formula is C21H31FIN5OS. The van der Waals surface area contributed by atoms with Gasteiger partial charge in [-0.1, -0.05) is 6.07 Å². The summed E-state index contributed by atoms with van der Waals surface area (Å²) in [6.07, 6.45) is 3.94. The molecule has 0 saturated carbocycles. The molecule has 0 atom stereocenters. The van der Waals surface area contributed by atoms with Gasteiger partial charge in [-0.05, 0) is 44.4 Å². The summed E-state index contributed by atoms with van der Waals surface area (Å²) in [6.45, 7) is 8.24. The number of hydrogen-bond acceptors (Lipinski definition) is 5. The van der Waals surface area contributed by atoms with Crippen molar-refractivity contribution in [3.8, 4) is 5.75 Å². The maximum Gasteiger partial charge on any atom is 0.191 e. The van der Waals surface area contributed by atoms with Gasteiger partial charge in [0.15, 0.2) is 17.5 Å². The lowest BCUT2D eigenvalue weighted by Crippen LogP contribution is -2.48. The number of hydrogen-bond donors (Lipinski definition) is 2. The van der Waals surface area contributed by atoms with E-state index in [0.717, 1.165) is 55.6 Å². The Balaban J connectivity index is 0.00000320. The summed E-state index contributed by atoms with van der Waals surface area (Å²) in [5.41, 5.74) is 0.975. The van der Waals surface area contributed by atoms with E-state index < -0.39 is 0 Å². The lowest BCUT2D eigenvalue weighted by Gasteiger charge is -2.33. The van der Waals surface area contributed by atoms with Gasteiger partial charge in [-0.15, -0.1) is 35.3 Å². The monoisotopic (exact) mass is 547 g/mol. The summed E-state index contributed by atoms with van der Waals surface area (Å²) in [7, 11) is 1.48. The molecule has 0 radical (unpaired) electrons. The first kappa shape index (κ1) is 24.8. The topological polar surface area (TPSA) is 61.8 Å². The van der Waals surface area contributed by atoms with Crippen LogP contribution in [0, 0.1) is 12.7 Å². The van der Waals surface area contributed by atoms with E-state index in [1.54, 1.807) is 23.5 Å². The molecular weight excluding hydrogens is 516 g/mol. The van der Waals surface area contributed by atoms with Crippen molar-refractivity contribution in [2.45, 2.75) is 45.8 Å². The SMILES string of the molecule is CCNC(=NCc1ncc(C)s1)NC1CCN(Cc2ccc(OC)c(F)c2)CC1.I. The average molecular weight is 547 g/mol. The highest BCUT2D eigenvalue weighted by molar-refractivity contribution is 14.0. The van der Waals surface area contributed by atoms with Gasteiger partial charge >= 0.3 is 0 Å². The van der Waals surface area contributed by atoms with E-state index in [9.17, 15) is 4.39 Å². The third-order valence-electron chi connectivity index (χ3n) is 4.94. The van der Waals surface area contributed by atoms with Gasteiger partial charge in [0.2, 0.25) is 0 Å². The molecule has 0 spiro atoms. The number of halogens is 2. The number of likely N-dealkylation sites (tertiary alicyclic amines) is 1. The van der Waals surface area contributed by atoms with Gasteiger partial charge in [0.25, 0.3) is 0 Å². The van der Waals surface area contributed by atoms with Gasteiger partial charge < -0.3 is 15.4 Å². The highest BCUT2D eigenvalue weighted by Gasteiger charge is 2.20. The second-order valence-corrected chi connectivity index (χ2v) is 8.54. The van der Waals surface area contributed by atoms with Crippen LogP contribution >= 0.6 is 35.3 Å². The fourth-order valence-electron chi connectivity index (χ4n) is 3.44. The van der Waals surface area contributed by atoms with Gasteiger partial charge in [-0.25, -0.2) is 14.4 Å². The van der Waals surface area contributed by atoms with Crippen LogP contribution < -0.4 is 15.4 Å². The molecule has 2 heterocycles. The van der Waals surface area contributed by atoms with Crippen molar-refractivity contribution in [1.29, 1.82) is 0 Å². The van der Waals surface area contributed by atoms with Crippen molar-refractivity contribution < 1.29 is 9.13 Å². The second kappa shape index (κ2) is 12.4. The zero-order chi connectivity index (χ0) is 20.6. The number of guanidine groups is 1. The number of thiazole rings is 1. The average Bonchev–Trinajstić information content (AvgIpc) is 3.13. The molecule has 6 nitrogen and oxygen atoms in total. The van der Waals surface area contributed by atoms with E-state index in [4.69, 9.17) is 4.74 Å². The molecule has 0 bridgehead atoms. The summed E-state index contributed by atoms with van der Waals surface area (Å²) < 4.78 is 18.9. The van der Waals surface area contributed by atoms with Gasteiger partial charge in [-0.3, -0.25) is 4.90 Å². The first-order chi connectivity index (χ1) is 14.1. The standard InChI is InChI=1S/C21H30FN5OS.HI/c1-4-23-21(25-13-20-24-12-15(2)29-20)26-17-7-9-27(10-8-17)14-16-5-6-19(28-3)18(22)11-16;/h5-6,11-12,17H,4,7-10,13-14H2,1-3H3,(H2,23,25,26);1H. The van der Waals surface area contributed by atoms with E-state index >= 15 is 0 Å². The predicted molar refractivity (Wildman–Crippen MR) is 131 cm³/mol. The number of aromatic nitrogens is 1. The summed E-state index contributed by atoms with van der Waals surface area (Å²) in [5, 5.41) is 7.91. The van der Waals surface area contributed by atoms with Crippen molar-refractivity contribution in [3.05, 3.63) is 45.7 Å². The van der Waals surface area contributed by atoms with Crippen molar-refractivity contribution in [3.63, 3.8) is 0 Å². The molecule has 1 aliphatic rings. The fraction of sp³-hybridized carbons (Fsp3) is 0.524. The molecule has 9 heteroatoms. The first-order valence-corrected chi connectivity index (χ1v) is 10.9. The molecule has 1 fully saturated rings. The molecule has 1 aliphatic heterocycles. The number of nitrogens with zero attached hydrogens (tertiary/aromatic N) is 3. The summed E-state index contributed by atoms with van der Waals surface area (Å²) in [5.74, 6) is 0.833. The molecule has 0 unspecified atom stereocenters. The van der Waals surface area contributed by atoms with Crippen LogP contribution in [0.25, 0.3) is 0 Å². The highest BCUT2D eigenvalue weighted by atomic mass is 127. The molecule has 1 aromatic carbocycles. The molecule has 0 amide bonds. The highest BCUT2D eigenvalue weighted by Crippen LogP contribution is 2.20. The molecule has 30 heavy (non-hydrogen) atoms. The largest absolute Gasteiger partial charge is 0.494 e. The van der Waals surface area contributed by atoms with Crippen molar-refractivity contribution in [1.82, 2.24) is 20.5 Å². The quantitative estimate of drug-likeness (QED) is 0.313. The molecule has 0 aliphatic carbocycles. The number of piperidine rings is 1. The van der Waals surface area contributed by atoms with Gasteiger partial charge in [-0.2, -0.15) is 0 Å². The Morgan fingerprint density at radius 3 is 2.73 bits per heavy atom. The lowest BCUT2D eigenvalue weighted by atomic mass is 10.0. The van der Waals surface area contributed by atoms with Crippen LogP contribution in [0.3, 0.4) is 0 Å². The molecule has 2 N–H and O–H groups in total. The fourth-order valence-corrected chi connectivity index (χ4v) is 4.15. The Labute approximate surface area is 199 Å². The molecule has 166 valence electrons. The minimum atomic E-state index is -0.302. The number of methoxy groups -OCH3 is 1. The second-order valence-electron chi connectivity index (χ2n) is 7.22. The normalized spacial score (nSPS) is 15.5. The van der Waals surface area contributed by atoms with E-state index in [1.165, 1.54) is 12.0 Å². The van der Waals surface area contributed by atoms with Crippen molar-refractivity contribution >= 4 is 41.3 Å². The molecule has 1 aromatic heterocycles. The first-order valence-electron chi connectivity index (χ1n) is 10.1. The van der Waals surface area contributed by atoms with Gasteiger partial charge in [0.1, 0.15) is 5.01 Å². The number of benzene rings is 1. The van der Waals surface area contributed by atoms with E-state index in [2.05, 4.69) is 39.4 Å². The molecule has 3 rings (SSSR count). The van der Waals surface area contributed by atoms with Crippen molar-refractivity contribution in [2.24, 2.45) is 4.99 Å². The third-order valence-corrected chi connectivity index (χ3v) is 5.83. The maximum atomic E-state index is 13.9. The summed E-state index contributed by atoms with van der Waals surface area (Å²) in [6, 6.07) is 5.58. The van der Waals surface area contributed by atoms with Crippen LogP contribution in [0.15, 0.2) is 29.4 Å².